The normalized spacial score (nSPS) is 10.2. The standard InChI is InChI=1S/C18H18N2O5/c1-11-6-12(2)8-14(7-11)18(22)25-10-17(21)19-16-9-15(20(23)24)5-4-13(16)3/h4-9H,10H2,1-3H3,(H,19,21). The monoisotopic (exact) mass is 342 g/mol. The third-order valence-electron chi connectivity index (χ3n) is 3.50. The molecule has 2 aromatic carbocycles. The van der Waals surface area contributed by atoms with E-state index >= 15 is 0 Å². The maximum atomic E-state index is 12.0. The Morgan fingerprint density at radius 3 is 2.32 bits per heavy atom. The molecule has 0 aliphatic rings. The highest BCUT2D eigenvalue weighted by Gasteiger charge is 2.14. The Hall–Kier alpha value is -3.22. The lowest BCUT2D eigenvalue weighted by atomic mass is 10.1. The average molecular weight is 342 g/mol. The van der Waals surface area contributed by atoms with E-state index in [2.05, 4.69) is 5.32 Å². The number of amides is 1. The number of carbonyl (C=O) groups is 2. The molecule has 2 aromatic rings. The van der Waals surface area contributed by atoms with Gasteiger partial charge in [-0.3, -0.25) is 14.9 Å². The molecule has 1 amide bonds. The summed E-state index contributed by atoms with van der Waals surface area (Å²) in [5.74, 6) is -1.17. The van der Waals surface area contributed by atoms with Crippen molar-refractivity contribution in [1.29, 1.82) is 0 Å². The highest BCUT2D eigenvalue weighted by molar-refractivity contribution is 5.96. The zero-order valence-electron chi connectivity index (χ0n) is 14.2. The maximum absolute atomic E-state index is 12.0. The largest absolute Gasteiger partial charge is 0.452 e. The van der Waals surface area contributed by atoms with Crippen molar-refractivity contribution < 1.29 is 19.2 Å². The van der Waals surface area contributed by atoms with Gasteiger partial charge in [0.1, 0.15) is 0 Å². The van der Waals surface area contributed by atoms with E-state index in [1.807, 2.05) is 19.9 Å². The molecule has 25 heavy (non-hydrogen) atoms. The summed E-state index contributed by atoms with van der Waals surface area (Å²) in [4.78, 5) is 34.2. The Labute approximate surface area is 144 Å². The number of esters is 1. The molecular weight excluding hydrogens is 324 g/mol. The zero-order valence-corrected chi connectivity index (χ0v) is 14.2. The third-order valence-corrected chi connectivity index (χ3v) is 3.50. The summed E-state index contributed by atoms with van der Waals surface area (Å²) in [6, 6.07) is 9.43. The number of rotatable bonds is 5. The molecule has 0 aliphatic carbocycles. The number of hydrogen-bond acceptors (Lipinski definition) is 5. The SMILES string of the molecule is Cc1cc(C)cc(C(=O)OCC(=O)Nc2cc([N+](=O)[O-])ccc2C)c1. The molecule has 0 fully saturated rings. The number of anilines is 1. The molecule has 0 heterocycles. The fourth-order valence-corrected chi connectivity index (χ4v) is 2.35. The Kier molecular flexibility index (Phi) is 5.49. The lowest BCUT2D eigenvalue weighted by Crippen LogP contribution is -2.21. The van der Waals surface area contributed by atoms with Crippen molar-refractivity contribution >= 4 is 23.3 Å². The number of benzene rings is 2. The van der Waals surface area contributed by atoms with Gasteiger partial charge < -0.3 is 10.1 Å². The number of aryl methyl sites for hydroxylation is 3. The van der Waals surface area contributed by atoms with Crippen molar-refractivity contribution in [3.05, 3.63) is 68.8 Å². The van der Waals surface area contributed by atoms with Crippen LogP contribution in [-0.4, -0.2) is 23.4 Å². The minimum atomic E-state index is -0.599. The number of nitrogens with zero attached hydrogens (tertiary/aromatic N) is 1. The first-order valence-corrected chi connectivity index (χ1v) is 7.56. The molecule has 0 unspecified atom stereocenters. The molecular formula is C18H18N2O5. The number of nitro benzene ring substituents is 1. The van der Waals surface area contributed by atoms with E-state index in [9.17, 15) is 19.7 Å². The van der Waals surface area contributed by atoms with Gasteiger partial charge in [-0.15, -0.1) is 0 Å². The molecule has 0 aromatic heterocycles. The first-order chi connectivity index (χ1) is 11.8. The van der Waals surface area contributed by atoms with Crippen molar-refractivity contribution in [2.75, 3.05) is 11.9 Å². The van der Waals surface area contributed by atoms with Crippen LogP contribution in [0.4, 0.5) is 11.4 Å². The number of non-ortho nitro benzene ring substituents is 1. The van der Waals surface area contributed by atoms with Crippen LogP contribution in [0.15, 0.2) is 36.4 Å². The summed E-state index contributed by atoms with van der Waals surface area (Å²) in [6.07, 6.45) is 0. The van der Waals surface area contributed by atoms with Gasteiger partial charge in [-0.25, -0.2) is 4.79 Å². The van der Waals surface area contributed by atoms with Crippen LogP contribution in [0.5, 0.6) is 0 Å². The summed E-state index contributed by atoms with van der Waals surface area (Å²) in [7, 11) is 0. The lowest BCUT2D eigenvalue weighted by Gasteiger charge is -2.09. The van der Waals surface area contributed by atoms with Crippen molar-refractivity contribution in [3.63, 3.8) is 0 Å². The Balaban J connectivity index is 2.00. The summed E-state index contributed by atoms with van der Waals surface area (Å²) < 4.78 is 5.00. The minimum absolute atomic E-state index is 0.131. The first kappa shape index (κ1) is 18.1. The second kappa shape index (κ2) is 7.57. The number of hydrogen-bond donors (Lipinski definition) is 1. The van der Waals surface area contributed by atoms with E-state index in [0.29, 0.717) is 16.8 Å². The second-order valence-corrected chi connectivity index (χ2v) is 5.76. The van der Waals surface area contributed by atoms with E-state index in [0.717, 1.165) is 11.1 Å². The van der Waals surface area contributed by atoms with E-state index in [1.165, 1.54) is 18.2 Å². The Morgan fingerprint density at radius 1 is 1.08 bits per heavy atom. The van der Waals surface area contributed by atoms with Crippen molar-refractivity contribution in [2.45, 2.75) is 20.8 Å². The fraction of sp³-hybridized carbons (Fsp3) is 0.222. The number of nitrogens with one attached hydrogen (secondary N) is 1. The Bertz CT molecular complexity index is 825. The van der Waals surface area contributed by atoms with Crippen molar-refractivity contribution in [2.24, 2.45) is 0 Å². The van der Waals surface area contributed by atoms with Crippen LogP contribution in [0.2, 0.25) is 0 Å². The van der Waals surface area contributed by atoms with Gasteiger partial charge >= 0.3 is 5.97 Å². The van der Waals surface area contributed by atoms with E-state index < -0.39 is 23.4 Å². The van der Waals surface area contributed by atoms with Gasteiger partial charge in [-0.1, -0.05) is 23.3 Å². The highest BCUT2D eigenvalue weighted by Crippen LogP contribution is 2.21. The molecule has 0 saturated heterocycles. The van der Waals surface area contributed by atoms with Crippen LogP contribution in [-0.2, 0) is 9.53 Å². The van der Waals surface area contributed by atoms with Crippen LogP contribution < -0.4 is 5.32 Å². The van der Waals surface area contributed by atoms with E-state index in [4.69, 9.17) is 4.74 Å². The van der Waals surface area contributed by atoms with Crippen LogP contribution in [0.1, 0.15) is 27.0 Å². The molecule has 0 spiro atoms. The predicted molar refractivity (Wildman–Crippen MR) is 92.7 cm³/mol. The van der Waals surface area contributed by atoms with Crippen LogP contribution >= 0.6 is 0 Å². The van der Waals surface area contributed by atoms with Gasteiger partial charge in [0, 0.05) is 12.1 Å². The molecule has 0 saturated carbocycles. The summed E-state index contributed by atoms with van der Waals surface area (Å²) in [5.41, 5.74) is 3.05. The van der Waals surface area contributed by atoms with Crippen LogP contribution in [0, 0.1) is 30.9 Å². The van der Waals surface area contributed by atoms with Gasteiger partial charge in [-0.2, -0.15) is 0 Å². The number of nitro groups is 1. The number of carbonyl (C=O) groups excluding carboxylic acids is 2. The van der Waals surface area contributed by atoms with Gasteiger partial charge in [0.05, 0.1) is 16.2 Å². The third kappa shape index (κ3) is 4.87. The van der Waals surface area contributed by atoms with Crippen LogP contribution in [0.3, 0.4) is 0 Å². The van der Waals surface area contributed by atoms with E-state index in [-0.39, 0.29) is 5.69 Å². The average Bonchev–Trinajstić information content (AvgIpc) is 2.53. The van der Waals surface area contributed by atoms with Crippen molar-refractivity contribution in [3.8, 4) is 0 Å². The molecule has 7 nitrogen and oxygen atoms in total. The molecule has 130 valence electrons. The molecule has 7 heteroatoms. The van der Waals surface area contributed by atoms with Gasteiger partial charge in [0.2, 0.25) is 0 Å². The van der Waals surface area contributed by atoms with Gasteiger partial charge in [0.25, 0.3) is 11.6 Å². The summed E-state index contributed by atoms with van der Waals surface area (Å²) in [6.45, 7) is 4.96. The van der Waals surface area contributed by atoms with Crippen molar-refractivity contribution in [1.82, 2.24) is 0 Å². The first-order valence-electron chi connectivity index (χ1n) is 7.56. The summed E-state index contributed by atoms with van der Waals surface area (Å²) in [5, 5.41) is 13.3. The van der Waals surface area contributed by atoms with Gasteiger partial charge in [-0.05, 0) is 38.5 Å². The quantitative estimate of drug-likeness (QED) is 0.510. The highest BCUT2D eigenvalue weighted by atomic mass is 16.6. The Morgan fingerprint density at radius 2 is 1.72 bits per heavy atom. The number of ether oxygens (including phenoxy) is 1. The summed E-state index contributed by atoms with van der Waals surface area (Å²) >= 11 is 0. The molecule has 0 radical (unpaired) electrons. The topological polar surface area (TPSA) is 98.5 Å². The molecule has 0 aliphatic heterocycles. The molecule has 0 bridgehead atoms. The molecule has 2 rings (SSSR count). The lowest BCUT2D eigenvalue weighted by molar-refractivity contribution is -0.384. The fourth-order valence-electron chi connectivity index (χ4n) is 2.35. The maximum Gasteiger partial charge on any atom is 0.338 e. The molecule has 0 atom stereocenters. The van der Waals surface area contributed by atoms with Gasteiger partial charge in [0.15, 0.2) is 6.61 Å². The zero-order chi connectivity index (χ0) is 18.6. The van der Waals surface area contributed by atoms with Crippen LogP contribution in [0.25, 0.3) is 0 Å². The second-order valence-electron chi connectivity index (χ2n) is 5.76. The predicted octanol–water partition coefficient (Wildman–Crippen LogP) is 3.32. The molecule has 1 N–H and O–H groups in total. The minimum Gasteiger partial charge on any atom is -0.452 e. The van der Waals surface area contributed by atoms with E-state index in [1.54, 1.807) is 19.1 Å². The smallest absolute Gasteiger partial charge is 0.338 e.